The van der Waals surface area contributed by atoms with Crippen molar-refractivity contribution in [3.05, 3.63) is 42.1 Å². The SMILES string of the molecule is CC1CC(O)(c2ccc3ncccc3c2)CC(C)O1. The van der Waals surface area contributed by atoms with E-state index in [1.54, 1.807) is 6.20 Å². The number of rotatable bonds is 1. The Balaban J connectivity index is 2.02. The fourth-order valence-electron chi connectivity index (χ4n) is 3.13. The van der Waals surface area contributed by atoms with E-state index in [0.29, 0.717) is 12.8 Å². The van der Waals surface area contributed by atoms with E-state index in [1.807, 2.05) is 44.2 Å². The standard InChI is InChI=1S/C16H19NO2/c1-11-9-16(18,10-12(2)19-11)14-5-6-15-13(8-14)4-3-7-17-15/h3-8,11-12,18H,9-10H2,1-2H3. The largest absolute Gasteiger partial charge is 0.385 e. The monoisotopic (exact) mass is 257 g/mol. The van der Waals surface area contributed by atoms with Crippen molar-refractivity contribution < 1.29 is 9.84 Å². The highest BCUT2D eigenvalue weighted by atomic mass is 16.5. The van der Waals surface area contributed by atoms with Crippen molar-refractivity contribution >= 4 is 10.9 Å². The third-order valence-corrected chi connectivity index (χ3v) is 3.86. The van der Waals surface area contributed by atoms with E-state index in [4.69, 9.17) is 4.74 Å². The highest BCUT2D eigenvalue weighted by Crippen LogP contribution is 2.38. The number of aromatic nitrogens is 1. The quantitative estimate of drug-likeness (QED) is 0.854. The fraction of sp³-hybridized carbons (Fsp3) is 0.438. The zero-order chi connectivity index (χ0) is 13.5. The number of fused-ring (bicyclic) bond motifs is 1. The fourth-order valence-corrected chi connectivity index (χ4v) is 3.13. The second-order valence-corrected chi connectivity index (χ2v) is 5.61. The van der Waals surface area contributed by atoms with Crippen LogP contribution in [0.1, 0.15) is 32.3 Å². The van der Waals surface area contributed by atoms with Crippen molar-refractivity contribution in [1.82, 2.24) is 4.98 Å². The van der Waals surface area contributed by atoms with Crippen LogP contribution in [0.3, 0.4) is 0 Å². The van der Waals surface area contributed by atoms with Gasteiger partial charge in [0, 0.05) is 24.4 Å². The highest BCUT2D eigenvalue weighted by molar-refractivity contribution is 5.79. The third-order valence-electron chi connectivity index (χ3n) is 3.86. The van der Waals surface area contributed by atoms with Crippen LogP contribution in [-0.4, -0.2) is 22.3 Å². The predicted molar refractivity (Wildman–Crippen MR) is 74.9 cm³/mol. The van der Waals surface area contributed by atoms with Crippen LogP contribution in [0.2, 0.25) is 0 Å². The number of pyridine rings is 1. The van der Waals surface area contributed by atoms with E-state index in [0.717, 1.165) is 16.5 Å². The molecular weight excluding hydrogens is 238 g/mol. The Morgan fingerprint density at radius 3 is 2.68 bits per heavy atom. The normalized spacial score (nSPS) is 31.5. The average molecular weight is 257 g/mol. The molecule has 2 unspecified atom stereocenters. The molecule has 1 aromatic carbocycles. The van der Waals surface area contributed by atoms with E-state index in [1.165, 1.54) is 0 Å². The van der Waals surface area contributed by atoms with Crippen LogP contribution in [-0.2, 0) is 10.3 Å². The molecule has 1 saturated heterocycles. The van der Waals surface area contributed by atoms with Gasteiger partial charge in [-0.15, -0.1) is 0 Å². The van der Waals surface area contributed by atoms with Gasteiger partial charge in [-0.25, -0.2) is 0 Å². The van der Waals surface area contributed by atoms with Gasteiger partial charge in [0.15, 0.2) is 0 Å². The van der Waals surface area contributed by atoms with Gasteiger partial charge in [-0.05, 0) is 37.6 Å². The van der Waals surface area contributed by atoms with Crippen molar-refractivity contribution in [3.8, 4) is 0 Å². The van der Waals surface area contributed by atoms with Crippen LogP contribution >= 0.6 is 0 Å². The summed E-state index contributed by atoms with van der Waals surface area (Å²) < 4.78 is 5.72. The summed E-state index contributed by atoms with van der Waals surface area (Å²) in [6.07, 6.45) is 3.23. The minimum Gasteiger partial charge on any atom is -0.385 e. The Morgan fingerprint density at radius 2 is 1.95 bits per heavy atom. The maximum absolute atomic E-state index is 10.9. The number of hydrogen-bond acceptors (Lipinski definition) is 3. The molecule has 1 aromatic heterocycles. The lowest BCUT2D eigenvalue weighted by Crippen LogP contribution is -2.41. The molecule has 0 amide bonds. The molecule has 1 N–H and O–H groups in total. The Labute approximate surface area is 113 Å². The summed E-state index contributed by atoms with van der Waals surface area (Å²) in [5.74, 6) is 0. The number of nitrogens with zero attached hydrogens (tertiary/aromatic N) is 1. The number of ether oxygens (including phenoxy) is 1. The van der Waals surface area contributed by atoms with Gasteiger partial charge in [-0.1, -0.05) is 12.1 Å². The molecule has 0 radical (unpaired) electrons. The molecule has 2 heterocycles. The minimum atomic E-state index is -0.791. The van der Waals surface area contributed by atoms with Crippen LogP contribution in [0.15, 0.2) is 36.5 Å². The summed E-state index contributed by atoms with van der Waals surface area (Å²) in [5.41, 5.74) is 1.14. The Morgan fingerprint density at radius 1 is 1.21 bits per heavy atom. The maximum atomic E-state index is 10.9. The molecule has 0 spiro atoms. The van der Waals surface area contributed by atoms with Gasteiger partial charge in [0.2, 0.25) is 0 Å². The van der Waals surface area contributed by atoms with E-state index in [9.17, 15) is 5.11 Å². The van der Waals surface area contributed by atoms with E-state index < -0.39 is 5.60 Å². The molecule has 19 heavy (non-hydrogen) atoms. The molecule has 100 valence electrons. The smallest absolute Gasteiger partial charge is 0.0945 e. The number of aliphatic hydroxyl groups is 1. The van der Waals surface area contributed by atoms with Gasteiger partial charge >= 0.3 is 0 Å². The van der Waals surface area contributed by atoms with Crippen molar-refractivity contribution in [2.45, 2.75) is 44.5 Å². The Kier molecular flexibility index (Phi) is 3.03. The molecule has 2 atom stereocenters. The summed E-state index contributed by atoms with van der Waals surface area (Å²) in [7, 11) is 0. The zero-order valence-corrected chi connectivity index (χ0v) is 11.3. The van der Waals surface area contributed by atoms with Crippen LogP contribution in [0, 0.1) is 0 Å². The first-order valence-electron chi connectivity index (χ1n) is 6.80. The van der Waals surface area contributed by atoms with Crippen LogP contribution < -0.4 is 0 Å². The molecule has 1 aliphatic rings. The average Bonchev–Trinajstić information content (AvgIpc) is 2.36. The second kappa shape index (κ2) is 4.58. The molecule has 3 rings (SSSR count). The van der Waals surface area contributed by atoms with Gasteiger partial charge in [-0.3, -0.25) is 4.98 Å². The van der Waals surface area contributed by atoms with E-state index >= 15 is 0 Å². The lowest BCUT2D eigenvalue weighted by molar-refractivity contribution is -0.135. The topological polar surface area (TPSA) is 42.4 Å². The van der Waals surface area contributed by atoms with Crippen LogP contribution in [0.5, 0.6) is 0 Å². The molecule has 3 nitrogen and oxygen atoms in total. The molecule has 0 aliphatic carbocycles. The maximum Gasteiger partial charge on any atom is 0.0945 e. The molecule has 3 heteroatoms. The van der Waals surface area contributed by atoms with Crippen molar-refractivity contribution in [1.29, 1.82) is 0 Å². The summed E-state index contributed by atoms with van der Waals surface area (Å²) in [4.78, 5) is 4.31. The second-order valence-electron chi connectivity index (χ2n) is 5.61. The third kappa shape index (κ3) is 2.36. The number of benzene rings is 1. The van der Waals surface area contributed by atoms with Gasteiger partial charge in [-0.2, -0.15) is 0 Å². The molecule has 0 saturated carbocycles. The van der Waals surface area contributed by atoms with Crippen molar-refractivity contribution in [3.63, 3.8) is 0 Å². The van der Waals surface area contributed by atoms with Gasteiger partial charge in [0.1, 0.15) is 0 Å². The first-order chi connectivity index (χ1) is 9.07. The summed E-state index contributed by atoms with van der Waals surface area (Å²) >= 11 is 0. The van der Waals surface area contributed by atoms with E-state index in [-0.39, 0.29) is 12.2 Å². The lowest BCUT2D eigenvalue weighted by atomic mass is 9.81. The van der Waals surface area contributed by atoms with Crippen LogP contribution in [0.25, 0.3) is 10.9 Å². The summed E-state index contributed by atoms with van der Waals surface area (Å²) in [5, 5.41) is 12.0. The summed E-state index contributed by atoms with van der Waals surface area (Å²) in [6.45, 7) is 4.03. The molecule has 1 fully saturated rings. The molecular formula is C16H19NO2. The zero-order valence-electron chi connectivity index (χ0n) is 11.3. The van der Waals surface area contributed by atoms with Crippen molar-refractivity contribution in [2.24, 2.45) is 0 Å². The Hall–Kier alpha value is -1.45. The minimum absolute atomic E-state index is 0.0818. The number of hydrogen-bond donors (Lipinski definition) is 1. The molecule has 1 aliphatic heterocycles. The molecule has 2 aromatic rings. The lowest BCUT2D eigenvalue weighted by Gasteiger charge is -2.39. The van der Waals surface area contributed by atoms with Gasteiger partial charge < -0.3 is 9.84 Å². The van der Waals surface area contributed by atoms with Crippen molar-refractivity contribution in [2.75, 3.05) is 0 Å². The predicted octanol–water partition coefficient (Wildman–Crippen LogP) is 3.01. The Bertz CT molecular complexity index is 586. The summed E-state index contributed by atoms with van der Waals surface area (Å²) in [6, 6.07) is 9.97. The highest BCUT2D eigenvalue weighted by Gasteiger charge is 2.38. The van der Waals surface area contributed by atoms with E-state index in [2.05, 4.69) is 4.98 Å². The first-order valence-corrected chi connectivity index (χ1v) is 6.80. The van der Waals surface area contributed by atoms with Gasteiger partial charge in [0.05, 0.1) is 23.3 Å². The van der Waals surface area contributed by atoms with Crippen LogP contribution in [0.4, 0.5) is 0 Å². The first kappa shape index (κ1) is 12.6. The molecule has 0 bridgehead atoms. The van der Waals surface area contributed by atoms with Gasteiger partial charge in [0.25, 0.3) is 0 Å².